The third-order valence-electron chi connectivity index (χ3n) is 1.73. The quantitative estimate of drug-likeness (QED) is 0.798. The molecule has 0 unspecified atom stereocenters. The van der Waals surface area contributed by atoms with E-state index < -0.39 is 5.97 Å². The molecule has 0 saturated heterocycles. The van der Waals surface area contributed by atoms with Crippen LogP contribution in [0.5, 0.6) is 0 Å². The van der Waals surface area contributed by atoms with Crippen LogP contribution in [0.2, 0.25) is 0 Å². The first-order chi connectivity index (χ1) is 6.72. The van der Waals surface area contributed by atoms with Gasteiger partial charge in [0.1, 0.15) is 0 Å². The van der Waals surface area contributed by atoms with Crippen molar-refractivity contribution in [3.63, 3.8) is 0 Å². The molecule has 0 amide bonds. The molecule has 1 N–H and O–H groups in total. The molecule has 1 rings (SSSR count). The molecule has 0 atom stereocenters. The van der Waals surface area contributed by atoms with Crippen LogP contribution in [0.25, 0.3) is 0 Å². The molecule has 14 heavy (non-hydrogen) atoms. The molecular formula is C12H18O2. The predicted molar refractivity (Wildman–Crippen MR) is 58.6 cm³/mol. The molecule has 78 valence electrons. The van der Waals surface area contributed by atoms with Gasteiger partial charge in [-0.15, -0.1) is 0 Å². The SMILES string of the molecule is CCCCC.O=C(O)c1ccccc1. The Morgan fingerprint density at radius 3 is 1.86 bits per heavy atom. The molecule has 0 radical (unpaired) electrons. The fourth-order valence-corrected chi connectivity index (χ4v) is 0.934. The summed E-state index contributed by atoms with van der Waals surface area (Å²) in [5, 5.41) is 8.38. The zero-order chi connectivity index (χ0) is 10.8. The Balaban J connectivity index is 0.000000292. The molecule has 2 heteroatoms. The Hall–Kier alpha value is -1.31. The van der Waals surface area contributed by atoms with Crippen LogP contribution in [0.3, 0.4) is 0 Å². The third-order valence-corrected chi connectivity index (χ3v) is 1.73. The number of rotatable bonds is 3. The summed E-state index contributed by atoms with van der Waals surface area (Å²) in [5.74, 6) is -0.879. The van der Waals surface area contributed by atoms with Crippen molar-refractivity contribution < 1.29 is 9.90 Å². The molecule has 1 aromatic rings. The predicted octanol–water partition coefficient (Wildman–Crippen LogP) is 3.58. The summed E-state index contributed by atoms with van der Waals surface area (Å²) in [6.07, 6.45) is 4.08. The van der Waals surface area contributed by atoms with E-state index in [1.165, 1.54) is 19.3 Å². The molecule has 0 bridgehead atoms. The highest BCUT2D eigenvalue weighted by Crippen LogP contribution is 1.96. The van der Waals surface area contributed by atoms with Crippen molar-refractivity contribution in [3.8, 4) is 0 Å². The number of unbranched alkanes of at least 4 members (excludes halogenated alkanes) is 2. The van der Waals surface area contributed by atoms with E-state index in [9.17, 15) is 4.79 Å². The number of carboxylic acid groups (broad SMARTS) is 1. The largest absolute Gasteiger partial charge is 0.478 e. The number of carboxylic acids is 1. The Labute approximate surface area is 85.6 Å². The highest BCUT2D eigenvalue weighted by molar-refractivity contribution is 5.87. The average Bonchev–Trinajstić information content (AvgIpc) is 2.21. The molecule has 0 aliphatic heterocycles. The van der Waals surface area contributed by atoms with E-state index in [-0.39, 0.29) is 0 Å². The Bertz CT molecular complexity index is 240. The zero-order valence-electron chi connectivity index (χ0n) is 8.86. The van der Waals surface area contributed by atoms with Gasteiger partial charge in [0.15, 0.2) is 0 Å². The maximum absolute atomic E-state index is 10.2. The second kappa shape index (κ2) is 8.30. The minimum atomic E-state index is -0.879. The second-order valence-electron chi connectivity index (χ2n) is 3.02. The number of hydrogen-bond acceptors (Lipinski definition) is 1. The Morgan fingerprint density at radius 2 is 1.64 bits per heavy atom. The van der Waals surface area contributed by atoms with Gasteiger partial charge in [-0.2, -0.15) is 0 Å². The van der Waals surface area contributed by atoms with Gasteiger partial charge in [0.05, 0.1) is 5.56 Å². The van der Waals surface area contributed by atoms with Crippen molar-refractivity contribution in [1.29, 1.82) is 0 Å². The molecule has 0 aliphatic rings. The van der Waals surface area contributed by atoms with Crippen LogP contribution in [0.4, 0.5) is 0 Å². The van der Waals surface area contributed by atoms with E-state index in [0.29, 0.717) is 5.56 Å². The van der Waals surface area contributed by atoms with Crippen LogP contribution < -0.4 is 0 Å². The maximum Gasteiger partial charge on any atom is 0.335 e. The van der Waals surface area contributed by atoms with Crippen LogP contribution in [-0.2, 0) is 0 Å². The van der Waals surface area contributed by atoms with Gasteiger partial charge in [-0.25, -0.2) is 4.79 Å². The maximum atomic E-state index is 10.2. The fraction of sp³-hybridized carbons (Fsp3) is 0.417. The van der Waals surface area contributed by atoms with Crippen molar-refractivity contribution >= 4 is 5.97 Å². The minimum absolute atomic E-state index is 0.331. The van der Waals surface area contributed by atoms with Gasteiger partial charge in [-0.1, -0.05) is 51.3 Å². The standard InChI is InChI=1S/C7H6O2.C5H12/c8-7(9)6-4-2-1-3-5-6;1-3-5-4-2/h1-5H,(H,8,9);3-5H2,1-2H3. The van der Waals surface area contributed by atoms with Gasteiger partial charge in [-0.05, 0) is 12.1 Å². The lowest BCUT2D eigenvalue weighted by atomic mass is 10.2. The van der Waals surface area contributed by atoms with Crippen molar-refractivity contribution in [2.24, 2.45) is 0 Å². The van der Waals surface area contributed by atoms with E-state index in [2.05, 4.69) is 13.8 Å². The van der Waals surface area contributed by atoms with Gasteiger partial charge < -0.3 is 5.11 Å². The van der Waals surface area contributed by atoms with Gasteiger partial charge in [0.25, 0.3) is 0 Å². The third kappa shape index (κ3) is 6.23. The lowest BCUT2D eigenvalue weighted by Gasteiger charge is -1.88. The Morgan fingerprint density at radius 1 is 1.14 bits per heavy atom. The molecular weight excluding hydrogens is 176 g/mol. The summed E-state index contributed by atoms with van der Waals surface area (Å²) < 4.78 is 0. The van der Waals surface area contributed by atoms with Crippen LogP contribution >= 0.6 is 0 Å². The van der Waals surface area contributed by atoms with Crippen molar-refractivity contribution in [3.05, 3.63) is 35.9 Å². The number of aromatic carboxylic acids is 1. The highest BCUT2D eigenvalue weighted by atomic mass is 16.4. The van der Waals surface area contributed by atoms with E-state index in [1.807, 2.05) is 0 Å². The number of carbonyl (C=O) groups is 1. The van der Waals surface area contributed by atoms with Crippen LogP contribution in [-0.4, -0.2) is 11.1 Å². The summed E-state index contributed by atoms with van der Waals surface area (Å²) >= 11 is 0. The first kappa shape index (κ1) is 12.7. The second-order valence-corrected chi connectivity index (χ2v) is 3.02. The summed E-state index contributed by atoms with van der Waals surface area (Å²) in [6.45, 7) is 4.42. The average molecular weight is 194 g/mol. The molecule has 0 aliphatic carbocycles. The number of benzene rings is 1. The van der Waals surface area contributed by atoms with Crippen molar-refractivity contribution in [1.82, 2.24) is 0 Å². The monoisotopic (exact) mass is 194 g/mol. The van der Waals surface area contributed by atoms with Crippen LogP contribution in [0, 0.1) is 0 Å². The highest BCUT2D eigenvalue weighted by Gasteiger charge is 1.96. The topological polar surface area (TPSA) is 37.3 Å². The van der Waals surface area contributed by atoms with Crippen molar-refractivity contribution in [2.45, 2.75) is 33.1 Å². The lowest BCUT2D eigenvalue weighted by molar-refractivity contribution is 0.0697. The first-order valence-corrected chi connectivity index (χ1v) is 5.00. The molecule has 1 aromatic carbocycles. The molecule has 0 aromatic heterocycles. The zero-order valence-corrected chi connectivity index (χ0v) is 8.86. The van der Waals surface area contributed by atoms with Crippen molar-refractivity contribution in [2.75, 3.05) is 0 Å². The fourth-order valence-electron chi connectivity index (χ4n) is 0.934. The van der Waals surface area contributed by atoms with E-state index in [0.717, 1.165) is 0 Å². The summed E-state index contributed by atoms with van der Waals surface area (Å²) in [5.41, 5.74) is 0.331. The summed E-state index contributed by atoms with van der Waals surface area (Å²) in [7, 11) is 0. The summed E-state index contributed by atoms with van der Waals surface area (Å²) in [6, 6.07) is 8.30. The van der Waals surface area contributed by atoms with Gasteiger partial charge in [-0.3, -0.25) is 0 Å². The van der Waals surface area contributed by atoms with Crippen LogP contribution in [0.1, 0.15) is 43.5 Å². The Kier molecular flexibility index (Phi) is 7.52. The molecule has 0 fully saturated rings. The normalized spacial score (nSPS) is 8.71. The van der Waals surface area contributed by atoms with Gasteiger partial charge in [0, 0.05) is 0 Å². The smallest absolute Gasteiger partial charge is 0.335 e. The molecule has 0 heterocycles. The summed E-state index contributed by atoms with van der Waals surface area (Å²) in [4.78, 5) is 10.2. The van der Waals surface area contributed by atoms with Gasteiger partial charge >= 0.3 is 5.97 Å². The molecule has 0 spiro atoms. The first-order valence-electron chi connectivity index (χ1n) is 5.00. The van der Waals surface area contributed by atoms with E-state index >= 15 is 0 Å². The van der Waals surface area contributed by atoms with Gasteiger partial charge in [0.2, 0.25) is 0 Å². The van der Waals surface area contributed by atoms with E-state index in [1.54, 1.807) is 30.3 Å². The lowest BCUT2D eigenvalue weighted by Crippen LogP contribution is -1.93. The number of hydrogen-bond donors (Lipinski definition) is 1. The molecule has 0 saturated carbocycles. The van der Waals surface area contributed by atoms with E-state index in [4.69, 9.17) is 5.11 Å². The minimum Gasteiger partial charge on any atom is -0.478 e. The van der Waals surface area contributed by atoms with Crippen LogP contribution in [0.15, 0.2) is 30.3 Å². The molecule has 2 nitrogen and oxygen atoms in total.